The minimum Gasteiger partial charge on any atom is -0.480 e. The summed E-state index contributed by atoms with van der Waals surface area (Å²) in [7, 11) is 0. The summed E-state index contributed by atoms with van der Waals surface area (Å²) in [6.45, 7) is 0.0212. The Balaban J connectivity index is 2.20. The molecule has 1 fully saturated rings. The normalized spacial score (nSPS) is 24.7. The van der Waals surface area contributed by atoms with Gasteiger partial charge in [-0.1, -0.05) is 4.49 Å². The van der Waals surface area contributed by atoms with Crippen LogP contribution >= 0.6 is 11.5 Å². The zero-order valence-electron chi connectivity index (χ0n) is 8.11. The van der Waals surface area contributed by atoms with Gasteiger partial charge in [-0.05, 0) is 11.5 Å². The van der Waals surface area contributed by atoms with Crippen molar-refractivity contribution in [2.75, 3.05) is 6.54 Å². The molecule has 1 aliphatic heterocycles. The topological polar surface area (TPSA) is 104 Å². The van der Waals surface area contributed by atoms with Crippen LogP contribution in [0.15, 0.2) is 5.38 Å². The van der Waals surface area contributed by atoms with E-state index in [0.717, 1.165) is 16.4 Å². The van der Waals surface area contributed by atoms with Crippen LogP contribution in [-0.2, 0) is 4.79 Å². The van der Waals surface area contributed by atoms with Gasteiger partial charge in [0.25, 0.3) is 5.91 Å². The van der Waals surface area contributed by atoms with E-state index in [2.05, 4.69) is 9.59 Å². The van der Waals surface area contributed by atoms with Crippen molar-refractivity contribution < 1.29 is 19.8 Å². The maximum Gasteiger partial charge on any atom is 0.326 e. The second kappa shape index (κ2) is 4.14. The van der Waals surface area contributed by atoms with Crippen molar-refractivity contribution in [3.05, 3.63) is 11.1 Å². The number of hydrogen-bond acceptors (Lipinski definition) is 6. The second-order valence-electron chi connectivity index (χ2n) is 3.49. The van der Waals surface area contributed by atoms with Gasteiger partial charge in [-0.15, -0.1) is 5.10 Å². The van der Waals surface area contributed by atoms with Gasteiger partial charge in [-0.25, -0.2) is 4.79 Å². The van der Waals surface area contributed by atoms with Crippen LogP contribution in [0.3, 0.4) is 0 Å². The Morgan fingerprint density at radius 3 is 2.88 bits per heavy atom. The van der Waals surface area contributed by atoms with Gasteiger partial charge in [-0.3, -0.25) is 4.79 Å². The Bertz CT molecular complexity index is 407. The van der Waals surface area contributed by atoms with Gasteiger partial charge >= 0.3 is 5.97 Å². The highest BCUT2D eigenvalue weighted by Crippen LogP contribution is 2.20. The number of carbonyl (C=O) groups excluding carboxylic acids is 1. The third kappa shape index (κ3) is 1.89. The molecule has 16 heavy (non-hydrogen) atoms. The van der Waals surface area contributed by atoms with E-state index < -0.39 is 24.0 Å². The Labute approximate surface area is 94.5 Å². The number of aliphatic hydroxyl groups excluding tert-OH is 1. The maximum absolute atomic E-state index is 11.8. The standard InChI is InChI=1S/C8H9N3O4S/c12-4-1-6(8(14)15)11(2-4)7(13)5-3-16-10-9-5/h3-4,6,12H,1-2H2,(H,14,15)/t4?,6-/m0/s1. The SMILES string of the molecule is O=C(O)[C@@H]1CC(O)CN1C(=O)c1csnn1. The molecule has 1 aromatic rings. The van der Waals surface area contributed by atoms with Crippen molar-refractivity contribution in [2.24, 2.45) is 0 Å². The quantitative estimate of drug-likeness (QED) is 0.704. The lowest BCUT2D eigenvalue weighted by Crippen LogP contribution is -2.40. The van der Waals surface area contributed by atoms with Crippen molar-refractivity contribution in [1.29, 1.82) is 0 Å². The molecular formula is C8H9N3O4S. The summed E-state index contributed by atoms with van der Waals surface area (Å²) >= 11 is 1.02. The van der Waals surface area contributed by atoms with E-state index in [9.17, 15) is 14.7 Å². The molecule has 1 aromatic heterocycles. The highest BCUT2D eigenvalue weighted by Gasteiger charge is 2.39. The number of aromatic nitrogens is 2. The molecule has 2 rings (SSSR count). The molecule has 1 saturated heterocycles. The first-order valence-electron chi connectivity index (χ1n) is 4.58. The van der Waals surface area contributed by atoms with E-state index in [0.29, 0.717) is 0 Å². The van der Waals surface area contributed by atoms with E-state index in [1.807, 2.05) is 0 Å². The van der Waals surface area contributed by atoms with Crippen LogP contribution in [0.4, 0.5) is 0 Å². The van der Waals surface area contributed by atoms with Gasteiger partial charge in [0, 0.05) is 18.3 Å². The lowest BCUT2D eigenvalue weighted by Gasteiger charge is -2.19. The Morgan fingerprint density at radius 2 is 2.31 bits per heavy atom. The lowest BCUT2D eigenvalue weighted by atomic mass is 10.2. The molecule has 7 nitrogen and oxygen atoms in total. The first kappa shape index (κ1) is 11.0. The molecule has 86 valence electrons. The monoisotopic (exact) mass is 243 g/mol. The second-order valence-corrected chi connectivity index (χ2v) is 4.10. The summed E-state index contributed by atoms with van der Waals surface area (Å²) in [5.74, 6) is -1.62. The van der Waals surface area contributed by atoms with E-state index in [-0.39, 0.29) is 18.7 Å². The highest BCUT2D eigenvalue weighted by atomic mass is 32.1. The van der Waals surface area contributed by atoms with Crippen LogP contribution < -0.4 is 0 Å². The minimum atomic E-state index is -1.12. The zero-order valence-corrected chi connectivity index (χ0v) is 8.92. The van der Waals surface area contributed by atoms with Gasteiger partial charge in [-0.2, -0.15) is 0 Å². The number of nitrogens with zero attached hydrogens (tertiary/aromatic N) is 3. The van der Waals surface area contributed by atoms with Crippen LogP contribution in [0.1, 0.15) is 16.9 Å². The summed E-state index contributed by atoms with van der Waals surface area (Å²) in [5, 5.41) is 23.3. The van der Waals surface area contributed by atoms with Gasteiger partial charge < -0.3 is 15.1 Å². The minimum absolute atomic E-state index is 0.0212. The Hall–Kier alpha value is -1.54. The first-order chi connectivity index (χ1) is 7.59. The molecule has 0 aliphatic carbocycles. The summed E-state index contributed by atoms with van der Waals surface area (Å²) < 4.78 is 3.54. The molecule has 2 atom stereocenters. The summed E-state index contributed by atoms with van der Waals surface area (Å²) in [5.41, 5.74) is 0.116. The maximum atomic E-state index is 11.8. The van der Waals surface area contributed by atoms with Crippen molar-refractivity contribution in [3.63, 3.8) is 0 Å². The third-order valence-corrected chi connectivity index (χ3v) is 2.91. The van der Waals surface area contributed by atoms with Gasteiger partial charge in [0.05, 0.1) is 6.10 Å². The summed E-state index contributed by atoms with van der Waals surface area (Å²) in [4.78, 5) is 23.8. The smallest absolute Gasteiger partial charge is 0.326 e. The van der Waals surface area contributed by atoms with Gasteiger partial charge in [0.2, 0.25) is 0 Å². The fourth-order valence-electron chi connectivity index (χ4n) is 1.68. The number of β-amino-alcohol motifs (C(OH)–C–C–N with tert-alkyl or cyclic N) is 1. The summed E-state index contributed by atoms with van der Waals surface area (Å²) in [6.07, 6.45) is -0.741. The predicted octanol–water partition coefficient (Wildman–Crippen LogP) is -0.802. The number of likely N-dealkylation sites (tertiary alicyclic amines) is 1. The van der Waals surface area contributed by atoms with Crippen molar-refractivity contribution in [1.82, 2.24) is 14.5 Å². The molecule has 1 amide bonds. The molecule has 8 heteroatoms. The van der Waals surface area contributed by atoms with Gasteiger partial charge in [0.1, 0.15) is 6.04 Å². The number of carboxylic acids is 1. The average molecular weight is 243 g/mol. The van der Waals surface area contributed by atoms with Crippen LogP contribution in [0, 0.1) is 0 Å². The fraction of sp³-hybridized carbons (Fsp3) is 0.500. The van der Waals surface area contributed by atoms with Crippen LogP contribution in [0.2, 0.25) is 0 Å². The highest BCUT2D eigenvalue weighted by molar-refractivity contribution is 7.03. The van der Waals surface area contributed by atoms with Crippen molar-refractivity contribution >= 4 is 23.4 Å². The molecular weight excluding hydrogens is 234 g/mol. The summed E-state index contributed by atoms with van der Waals surface area (Å²) in [6, 6.07) is -0.982. The molecule has 0 spiro atoms. The number of rotatable bonds is 2. The molecule has 1 aliphatic rings. The van der Waals surface area contributed by atoms with Crippen LogP contribution in [0.5, 0.6) is 0 Å². The number of carboxylic acid groups (broad SMARTS) is 1. The number of aliphatic hydroxyl groups is 1. The van der Waals surface area contributed by atoms with Crippen LogP contribution in [0.25, 0.3) is 0 Å². The van der Waals surface area contributed by atoms with E-state index in [4.69, 9.17) is 5.11 Å². The van der Waals surface area contributed by atoms with E-state index >= 15 is 0 Å². The molecule has 0 aromatic carbocycles. The van der Waals surface area contributed by atoms with E-state index in [1.54, 1.807) is 0 Å². The number of amides is 1. The predicted molar refractivity (Wildman–Crippen MR) is 53.0 cm³/mol. The van der Waals surface area contributed by atoms with Gasteiger partial charge in [0.15, 0.2) is 5.69 Å². The zero-order chi connectivity index (χ0) is 11.7. The molecule has 1 unspecified atom stereocenters. The van der Waals surface area contributed by atoms with Crippen molar-refractivity contribution in [2.45, 2.75) is 18.6 Å². The number of hydrogen-bond donors (Lipinski definition) is 2. The first-order valence-corrected chi connectivity index (χ1v) is 5.42. The van der Waals surface area contributed by atoms with E-state index in [1.165, 1.54) is 5.38 Å². The lowest BCUT2D eigenvalue weighted by molar-refractivity contribution is -0.141. The average Bonchev–Trinajstić information content (AvgIpc) is 2.84. The Morgan fingerprint density at radius 1 is 1.56 bits per heavy atom. The molecule has 0 saturated carbocycles. The fourth-order valence-corrected chi connectivity index (χ4v) is 2.11. The molecule has 0 bridgehead atoms. The molecule has 2 heterocycles. The third-order valence-electron chi connectivity index (χ3n) is 2.40. The van der Waals surface area contributed by atoms with Crippen LogP contribution in [-0.4, -0.2) is 55.3 Å². The molecule has 0 radical (unpaired) electrons. The van der Waals surface area contributed by atoms with Crippen molar-refractivity contribution in [3.8, 4) is 0 Å². The molecule has 2 N–H and O–H groups in total. The Kier molecular flexibility index (Phi) is 2.84. The number of carbonyl (C=O) groups is 2. The number of aliphatic carboxylic acids is 1. The largest absolute Gasteiger partial charge is 0.480 e.